The largest absolute Gasteiger partial charge is 0.491 e. The number of aromatic nitrogens is 2. The van der Waals surface area contributed by atoms with Gasteiger partial charge in [0, 0.05) is 23.7 Å². The monoisotopic (exact) mass is 303 g/mol. The second-order valence-corrected chi connectivity index (χ2v) is 6.23. The molecule has 5 nitrogen and oxygen atoms in total. The zero-order valence-electron chi connectivity index (χ0n) is 12.6. The van der Waals surface area contributed by atoms with E-state index in [0.717, 1.165) is 11.0 Å². The molecule has 1 saturated heterocycles. The van der Waals surface area contributed by atoms with Crippen molar-refractivity contribution < 1.29 is 9.31 Å². The quantitative estimate of drug-likeness (QED) is 0.685. The summed E-state index contributed by atoms with van der Waals surface area (Å²) in [7, 11) is -0.442. The van der Waals surface area contributed by atoms with Gasteiger partial charge in [-0.3, -0.25) is 0 Å². The summed E-state index contributed by atoms with van der Waals surface area (Å²) < 4.78 is 12.0. The molecule has 7 heteroatoms. The summed E-state index contributed by atoms with van der Waals surface area (Å²) in [6.07, 6.45) is 5.08. The fourth-order valence-electron chi connectivity index (χ4n) is 1.87. The van der Waals surface area contributed by atoms with Crippen molar-refractivity contribution in [2.24, 2.45) is 0 Å². The van der Waals surface area contributed by atoms with Crippen molar-refractivity contribution in [1.29, 1.82) is 5.26 Å². The number of nitriles is 1. The molecule has 0 aromatic carbocycles. The Labute approximate surface area is 130 Å². The third-order valence-corrected chi connectivity index (χ3v) is 4.23. The van der Waals surface area contributed by atoms with Gasteiger partial charge in [-0.15, -0.1) is 0 Å². The second-order valence-electron chi connectivity index (χ2n) is 5.92. The molecule has 1 aromatic heterocycles. The number of nitrogens with zero attached hydrogens (tertiary/aromatic N) is 3. The van der Waals surface area contributed by atoms with E-state index in [4.69, 9.17) is 14.6 Å². The van der Waals surface area contributed by atoms with Gasteiger partial charge in [-0.1, -0.05) is 6.08 Å². The van der Waals surface area contributed by atoms with E-state index in [0.29, 0.717) is 5.75 Å². The van der Waals surface area contributed by atoms with Crippen LogP contribution in [0.2, 0.25) is 0 Å². The SMILES string of the molecule is CC1(C)OB(C(=Cc2cnc(C#N)nc2)CS)OC1(C)C. The Morgan fingerprint density at radius 1 is 1.29 bits per heavy atom. The molecule has 1 aromatic rings. The number of hydrogen-bond acceptors (Lipinski definition) is 6. The van der Waals surface area contributed by atoms with Gasteiger partial charge >= 0.3 is 7.12 Å². The maximum atomic E-state index is 8.70. The Kier molecular flexibility index (Phi) is 4.42. The van der Waals surface area contributed by atoms with Crippen molar-refractivity contribution in [3.63, 3.8) is 0 Å². The predicted octanol–water partition coefficient (Wildman–Crippen LogP) is 2.29. The molecular formula is C14H18BN3O2S. The van der Waals surface area contributed by atoms with Gasteiger partial charge in [-0.2, -0.15) is 17.9 Å². The first-order valence-electron chi connectivity index (χ1n) is 6.68. The first-order valence-corrected chi connectivity index (χ1v) is 7.31. The number of hydrogen-bond donors (Lipinski definition) is 1. The third kappa shape index (κ3) is 3.29. The number of rotatable bonds is 3. The van der Waals surface area contributed by atoms with Crippen LogP contribution in [0.15, 0.2) is 17.9 Å². The molecule has 0 N–H and O–H groups in total. The summed E-state index contributed by atoms with van der Waals surface area (Å²) in [4.78, 5) is 7.89. The summed E-state index contributed by atoms with van der Waals surface area (Å²) in [5.41, 5.74) is 0.903. The molecule has 0 amide bonds. The molecule has 1 fully saturated rings. The molecule has 110 valence electrons. The third-order valence-electron chi connectivity index (χ3n) is 3.86. The minimum Gasteiger partial charge on any atom is -0.400 e. The average molecular weight is 303 g/mol. The Morgan fingerprint density at radius 2 is 1.81 bits per heavy atom. The highest BCUT2D eigenvalue weighted by molar-refractivity contribution is 7.80. The summed E-state index contributed by atoms with van der Waals surface area (Å²) >= 11 is 4.35. The van der Waals surface area contributed by atoms with Crippen molar-refractivity contribution in [2.75, 3.05) is 5.75 Å². The highest BCUT2D eigenvalue weighted by Crippen LogP contribution is 2.38. The van der Waals surface area contributed by atoms with Crippen LogP contribution in [0.25, 0.3) is 6.08 Å². The molecule has 2 heterocycles. The van der Waals surface area contributed by atoms with Crippen LogP contribution in [-0.4, -0.2) is 34.0 Å². The molecule has 0 spiro atoms. The van der Waals surface area contributed by atoms with Gasteiger partial charge in [-0.05, 0) is 33.2 Å². The molecule has 21 heavy (non-hydrogen) atoms. The van der Waals surface area contributed by atoms with E-state index >= 15 is 0 Å². The van der Waals surface area contributed by atoms with Crippen LogP contribution in [0.4, 0.5) is 0 Å². The number of thiol groups is 1. The Balaban J connectivity index is 2.24. The van der Waals surface area contributed by atoms with Gasteiger partial charge in [0.2, 0.25) is 5.82 Å². The normalized spacial score (nSPS) is 20.4. The van der Waals surface area contributed by atoms with E-state index in [9.17, 15) is 0 Å². The highest BCUT2D eigenvalue weighted by atomic mass is 32.1. The summed E-state index contributed by atoms with van der Waals surface area (Å²) in [6.45, 7) is 8.03. The van der Waals surface area contributed by atoms with Gasteiger partial charge in [0.15, 0.2) is 0 Å². The van der Waals surface area contributed by atoms with E-state index in [1.54, 1.807) is 12.4 Å². The van der Waals surface area contributed by atoms with Crippen LogP contribution in [0.5, 0.6) is 0 Å². The van der Waals surface area contributed by atoms with Crippen LogP contribution in [0.1, 0.15) is 39.1 Å². The zero-order valence-corrected chi connectivity index (χ0v) is 13.5. The van der Waals surface area contributed by atoms with E-state index < -0.39 is 7.12 Å². The molecular weight excluding hydrogens is 285 g/mol. The van der Waals surface area contributed by atoms with Crippen LogP contribution < -0.4 is 0 Å². The lowest BCUT2D eigenvalue weighted by molar-refractivity contribution is 0.00578. The van der Waals surface area contributed by atoms with Crippen molar-refractivity contribution in [1.82, 2.24) is 9.97 Å². The van der Waals surface area contributed by atoms with Crippen molar-refractivity contribution in [2.45, 2.75) is 38.9 Å². The molecule has 0 radical (unpaired) electrons. The molecule has 0 saturated carbocycles. The highest BCUT2D eigenvalue weighted by Gasteiger charge is 2.52. The first-order chi connectivity index (χ1) is 9.79. The Hall–Kier alpha value is -1.36. The smallest absolute Gasteiger partial charge is 0.400 e. The summed E-state index contributed by atoms with van der Waals surface area (Å²) in [6, 6.07) is 1.89. The van der Waals surface area contributed by atoms with Crippen molar-refractivity contribution in [3.05, 3.63) is 29.3 Å². The first kappa shape index (κ1) is 16.0. The maximum Gasteiger partial charge on any atom is 0.491 e. The summed E-state index contributed by atoms with van der Waals surface area (Å²) in [5.74, 6) is 0.645. The molecule has 0 unspecified atom stereocenters. The summed E-state index contributed by atoms with van der Waals surface area (Å²) in [5, 5.41) is 8.70. The molecule has 2 rings (SSSR count). The minimum absolute atomic E-state index is 0.148. The standard InChI is InChI=1S/C14H18BN3O2S/c1-13(2)14(3,4)20-15(19-13)11(9-21)5-10-7-17-12(6-16)18-8-10/h5,7-8,21H,9H2,1-4H3. The van der Waals surface area contributed by atoms with Crippen LogP contribution in [0, 0.1) is 11.3 Å². The zero-order chi connectivity index (χ0) is 15.7. The van der Waals surface area contributed by atoms with Crippen molar-refractivity contribution in [3.8, 4) is 6.07 Å². The Morgan fingerprint density at radius 3 is 2.24 bits per heavy atom. The van der Waals surface area contributed by atoms with Gasteiger partial charge in [0.25, 0.3) is 0 Å². The molecule has 0 bridgehead atoms. The van der Waals surface area contributed by atoms with E-state index in [1.165, 1.54) is 0 Å². The van der Waals surface area contributed by atoms with Gasteiger partial charge in [0.05, 0.1) is 11.2 Å². The van der Waals surface area contributed by atoms with Gasteiger partial charge in [0.1, 0.15) is 6.07 Å². The molecule has 1 aliphatic rings. The maximum absolute atomic E-state index is 8.70. The average Bonchev–Trinajstić information content (AvgIpc) is 2.65. The van der Waals surface area contributed by atoms with Crippen LogP contribution >= 0.6 is 12.6 Å². The lowest BCUT2D eigenvalue weighted by Crippen LogP contribution is -2.41. The minimum atomic E-state index is -0.442. The predicted molar refractivity (Wildman–Crippen MR) is 84.7 cm³/mol. The second kappa shape index (κ2) is 5.80. The Bertz CT molecular complexity index is 577. The fraction of sp³-hybridized carbons (Fsp3) is 0.500. The van der Waals surface area contributed by atoms with Crippen LogP contribution in [0.3, 0.4) is 0 Å². The van der Waals surface area contributed by atoms with E-state index in [2.05, 4.69) is 22.6 Å². The molecule has 0 atom stereocenters. The van der Waals surface area contributed by atoms with Gasteiger partial charge in [-0.25, -0.2) is 9.97 Å². The lowest BCUT2D eigenvalue weighted by atomic mass is 9.78. The van der Waals surface area contributed by atoms with Crippen LogP contribution in [-0.2, 0) is 9.31 Å². The fourth-order valence-corrected chi connectivity index (χ4v) is 2.11. The molecule has 1 aliphatic heterocycles. The molecule has 0 aliphatic carbocycles. The van der Waals surface area contributed by atoms with Crippen molar-refractivity contribution >= 4 is 25.8 Å². The van der Waals surface area contributed by atoms with E-state index in [1.807, 2.05) is 39.8 Å². The van der Waals surface area contributed by atoms with E-state index in [-0.39, 0.29) is 17.0 Å². The lowest BCUT2D eigenvalue weighted by Gasteiger charge is -2.32. The van der Waals surface area contributed by atoms with Gasteiger partial charge < -0.3 is 9.31 Å². The topological polar surface area (TPSA) is 68.0 Å².